The van der Waals surface area contributed by atoms with Gasteiger partial charge >= 0.3 is 0 Å². The summed E-state index contributed by atoms with van der Waals surface area (Å²) in [5.41, 5.74) is 1.20. The maximum Gasteiger partial charge on any atom is 0.0848 e. The first kappa shape index (κ1) is 16.8. The number of aromatic nitrogens is 2. The summed E-state index contributed by atoms with van der Waals surface area (Å²) in [5.74, 6) is 1.40. The van der Waals surface area contributed by atoms with Crippen LogP contribution in [-0.4, -0.2) is 20.5 Å². The van der Waals surface area contributed by atoms with Gasteiger partial charge in [-0.15, -0.1) is 0 Å². The van der Waals surface area contributed by atoms with Gasteiger partial charge in [-0.1, -0.05) is 38.8 Å². The maximum absolute atomic E-state index is 11.4. The fraction of sp³-hybridized carbons (Fsp3) is 0.824. The largest absolute Gasteiger partial charge is 0.389 e. The molecule has 1 N–H and O–H groups in total. The monoisotopic (exact) mass is 312 g/mol. The van der Waals surface area contributed by atoms with Crippen LogP contribution in [0.15, 0.2) is 0 Å². The highest BCUT2D eigenvalue weighted by molar-refractivity contribution is 6.31. The van der Waals surface area contributed by atoms with Crippen molar-refractivity contribution in [3.63, 3.8) is 0 Å². The lowest BCUT2D eigenvalue weighted by molar-refractivity contribution is -0.0806. The lowest BCUT2D eigenvalue weighted by Crippen LogP contribution is -2.47. The molecule has 1 fully saturated rings. The summed E-state index contributed by atoms with van der Waals surface area (Å²) < 4.78 is 1.95. The first-order chi connectivity index (χ1) is 9.78. The van der Waals surface area contributed by atoms with E-state index in [0.29, 0.717) is 24.2 Å². The molecule has 1 aliphatic carbocycles. The third-order valence-electron chi connectivity index (χ3n) is 5.09. The number of hydrogen-bond donors (Lipinski definition) is 1. The van der Waals surface area contributed by atoms with Gasteiger partial charge in [0.25, 0.3) is 0 Å². The van der Waals surface area contributed by atoms with E-state index in [0.717, 1.165) is 35.8 Å². The predicted octanol–water partition coefficient (Wildman–Crippen LogP) is 4.23. The Morgan fingerprint density at radius 2 is 2.10 bits per heavy atom. The van der Waals surface area contributed by atoms with Crippen molar-refractivity contribution in [1.29, 1.82) is 0 Å². The first-order valence-electron chi connectivity index (χ1n) is 8.22. The Kier molecular flexibility index (Phi) is 5.04. The highest BCUT2D eigenvalue weighted by Gasteiger charge is 2.43. The average molecular weight is 313 g/mol. The Morgan fingerprint density at radius 1 is 1.43 bits per heavy atom. The van der Waals surface area contributed by atoms with Crippen LogP contribution in [0.4, 0.5) is 0 Å². The zero-order valence-electron chi connectivity index (χ0n) is 14.0. The molecule has 1 heterocycles. The standard InChI is InChI=1S/C17H29ClN2O/c1-6-20-15(16(18)13(5)19-20)10-17(21)9-12(4)7-8-14(17)11(2)3/h11-12,14,21H,6-10H2,1-5H3. The molecule has 3 unspecified atom stereocenters. The van der Waals surface area contributed by atoms with Crippen LogP contribution in [0.3, 0.4) is 0 Å². The second kappa shape index (κ2) is 6.29. The molecule has 21 heavy (non-hydrogen) atoms. The van der Waals surface area contributed by atoms with Gasteiger partial charge in [0.15, 0.2) is 0 Å². The van der Waals surface area contributed by atoms with Crippen LogP contribution >= 0.6 is 11.6 Å². The van der Waals surface area contributed by atoms with Gasteiger partial charge < -0.3 is 5.11 Å². The zero-order chi connectivity index (χ0) is 15.8. The highest BCUT2D eigenvalue weighted by atomic mass is 35.5. The van der Waals surface area contributed by atoms with Crippen molar-refractivity contribution in [2.75, 3.05) is 0 Å². The smallest absolute Gasteiger partial charge is 0.0848 e. The fourth-order valence-corrected chi connectivity index (χ4v) is 4.28. The van der Waals surface area contributed by atoms with Crippen molar-refractivity contribution >= 4 is 11.6 Å². The van der Waals surface area contributed by atoms with E-state index >= 15 is 0 Å². The van der Waals surface area contributed by atoms with Crippen molar-refractivity contribution in [3.05, 3.63) is 16.4 Å². The van der Waals surface area contributed by atoms with Crippen LogP contribution in [0.25, 0.3) is 0 Å². The molecule has 3 atom stereocenters. The van der Waals surface area contributed by atoms with E-state index in [4.69, 9.17) is 11.6 Å². The zero-order valence-corrected chi connectivity index (χ0v) is 14.7. The normalized spacial score (nSPS) is 30.1. The first-order valence-corrected chi connectivity index (χ1v) is 8.60. The minimum Gasteiger partial charge on any atom is -0.389 e. The molecule has 0 aromatic carbocycles. The minimum absolute atomic E-state index is 0.338. The summed E-state index contributed by atoms with van der Waals surface area (Å²) in [6.45, 7) is 11.5. The summed E-state index contributed by atoms with van der Waals surface area (Å²) in [4.78, 5) is 0. The third kappa shape index (κ3) is 3.29. The molecular weight excluding hydrogens is 284 g/mol. The van der Waals surface area contributed by atoms with Crippen molar-refractivity contribution < 1.29 is 5.11 Å². The van der Waals surface area contributed by atoms with Gasteiger partial charge in [0, 0.05) is 13.0 Å². The number of aliphatic hydroxyl groups is 1. The average Bonchev–Trinajstić information content (AvgIpc) is 2.65. The van der Waals surface area contributed by atoms with Crippen LogP contribution < -0.4 is 0 Å². The molecule has 0 spiro atoms. The van der Waals surface area contributed by atoms with E-state index in [-0.39, 0.29) is 0 Å². The van der Waals surface area contributed by atoms with Gasteiger partial charge in [0.1, 0.15) is 0 Å². The van der Waals surface area contributed by atoms with Crippen LogP contribution in [-0.2, 0) is 13.0 Å². The Balaban J connectivity index is 2.34. The predicted molar refractivity (Wildman–Crippen MR) is 87.6 cm³/mol. The molecule has 3 nitrogen and oxygen atoms in total. The Bertz CT molecular complexity index is 497. The van der Waals surface area contributed by atoms with E-state index in [1.165, 1.54) is 6.42 Å². The van der Waals surface area contributed by atoms with E-state index in [1.807, 2.05) is 11.6 Å². The Morgan fingerprint density at radius 3 is 2.67 bits per heavy atom. The van der Waals surface area contributed by atoms with Crippen LogP contribution in [0.1, 0.15) is 58.3 Å². The second-order valence-electron chi connectivity index (χ2n) is 7.18. The summed E-state index contributed by atoms with van der Waals surface area (Å²) in [5, 5.41) is 16.6. The number of hydrogen-bond acceptors (Lipinski definition) is 2. The molecule has 4 heteroatoms. The van der Waals surface area contributed by atoms with Gasteiger partial charge in [-0.2, -0.15) is 5.10 Å². The van der Waals surface area contributed by atoms with Gasteiger partial charge in [0.05, 0.1) is 22.0 Å². The van der Waals surface area contributed by atoms with Crippen molar-refractivity contribution in [3.8, 4) is 0 Å². The Labute approximate surface area is 133 Å². The molecular formula is C17H29ClN2O. The highest BCUT2D eigenvalue weighted by Crippen LogP contribution is 2.43. The van der Waals surface area contributed by atoms with Gasteiger partial charge in [-0.25, -0.2) is 0 Å². The second-order valence-corrected chi connectivity index (χ2v) is 7.56. The molecule has 120 valence electrons. The van der Waals surface area contributed by atoms with E-state index in [1.54, 1.807) is 0 Å². The summed E-state index contributed by atoms with van der Waals surface area (Å²) in [6.07, 6.45) is 3.80. The van der Waals surface area contributed by atoms with Crippen LogP contribution in [0.5, 0.6) is 0 Å². The summed E-state index contributed by atoms with van der Waals surface area (Å²) >= 11 is 6.44. The maximum atomic E-state index is 11.4. The van der Waals surface area contributed by atoms with Crippen LogP contribution in [0.2, 0.25) is 5.02 Å². The summed E-state index contributed by atoms with van der Waals surface area (Å²) in [6, 6.07) is 0. The van der Waals surface area contributed by atoms with Crippen molar-refractivity contribution in [2.45, 2.75) is 72.4 Å². The number of halogens is 1. The fourth-order valence-electron chi connectivity index (χ4n) is 4.07. The number of rotatable bonds is 4. The lowest BCUT2D eigenvalue weighted by atomic mass is 9.65. The van der Waals surface area contributed by atoms with Gasteiger partial charge in [-0.3, -0.25) is 4.68 Å². The SMILES string of the molecule is CCn1nc(C)c(Cl)c1CC1(O)CC(C)CCC1C(C)C. The Hall–Kier alpha value is -0.540. The van der Waals surface area contributed by atoms with Crippen molar-refractivity contribution in [2.24, 2.45) is 17.8 Å². The summed E-state index contributed by atoms with van der Waals surface area (Å²) in [7, 11) is 0. The quantitative estimate of drug-likeness (QED) is 0.903. The van der Waals surface area contributed by atoms with E-state index in [9.17, 15) is 5.11 Å². The molecule has 1 aromatic heterocycles. The molecule has 0 radical (unpaired) electrons. The lowest BCUT2D eigenvalue weighted by Gasteiger charge is -2.45. The number of nitrogens with zero attached hydrogens (tertiary/aromatic N) is 2. The van der Waals surface area contributed by atoms with Gasteiger partial charge in [0.2, 0.25) is 0 Å². The van der Waals surface area contributed by atoms with Crippen molar-refractivity contribution in [1.82, 2.24) is 9.78 Å². The third-order valence-corrected chi connectivity index (χ3v) is 5.59. The molecule has 0 amide bonds. The number of aryl methyl sites for hydroxylation is 2. The molecule has 1 saturated carbocycles. The van der Waals surface area contributed by atoms with E-state index < -0.39 is 5.60 Å². The molecule has 1 aromatic rings. The molecule has 0 bridgehead atoms. The molecule has 1 aliphatic rings. The van der Waals surface area contributed by atoms with Crippen LogP contribution in [0, 0.1) is 24.7 Å². The van der Waals surface area contributed by atoms with E-state index in [2.05, 4.69) is 32.8 Å². The minimum atomic E-state index is -0.658. The molecule has 2 rings (SSSR count). The van der Waals surface area contributed by atoms with Gasteiger partial charge in [-0.05, 0) is 44.4 Å². The molecule has 0 saturated heterocycles. The molecule has 0 aliphatic heterocycles. The topological polar surface area (TPSA) is 38.0 Å².